The summed E-state index contributed by atoms with van der Waals surface area (Å²) < 4.78 is 74.8. The molecule has 0 heterocycles. The topological polar surface area (TPSA) is 37.3 Å². The van der Waals surface area contributed by atoms with Crippen molar-refractivity contribution in [1.82, 2.24) is 0 Å². The summed E-state index contributed by atoms with van der Waals surface area (Å²) in [5.41, 5.74) is -5.39. The Balaban J connectivity index is 3.07. The molecule has 0 aliphatic heterocycles. The summed E-state index contributed by atoms with van der Waals surface area (Å²) >= 11 is 1.29. The van der Waals surface area contributed by atoms with Crippen molar-refractivity contribution in [3.05, 3.63) is 29.8 Å². The fraction of sp³-hybridized carbons (Fsp3) is 0.417. The maximum Gasteiger partial charge on any atom is 0.426 e. The van der Waals surface area contributed by atoms with Crippen molar-refractivity contribution in [2.45, 2.75) is 29.3 Å². The van der Waals surface area contributed by atoms with Crippen LogP contribution in [0.5, 0.6) is 0 Å². The van der Waals surface area contributed by atoms with E-state index in [4.69, 9.17) is 5.11 Å². The first kappa shape index (κ1) is 17.8. The number of hydrogen-bond acceptors (Lipinski definition) is 3. The number of aliphatic hydroxyl groups is 1. The quantitative estimate of drug-likeness (QED) is 0.517. The Morgan fingerprint density at radius 1 is 1.05 bits per heavy atom. The minimum Gasteiger partial charge on any atom is -0.373 e. The summed E-state index contributed by atoms with van der Waals surface area (Å²) in [5.74, 6) is -1.44. The summed E-state index contributed by atoms with van der Waals surface area (Å²) in [7, 11) is 0. The minimum atomic E-state index is -6.00. The zero-order chi connectivity index (χ0) is 16.5. The Kier molecular flexibility index (Phi) is 4.99. The van der Waals surface area contributed by atoms with E-state index in [1.807, 2.05) is 0 Å². The van der Waals surface area contributed by atoms with Gasteiger partial charge in [0.25, 0.3) is 5.60 Å². The number of rotatable bonds is 4. The van der Waals surface area contributed by atoms with Gasteiger partial charge in [0.05, 0.1) is 6.42 Å². The smallest absolute Gasteiger partial charge is 0.373 e. The van der Waals surface area contributed by atoms with Crippen LogP contribution in [0.2, 0.25) is 0 Å². The SMILES string of the molecule is CSc1ccc(C(=O)CC(O)(C(F)(F)F)C(F)(F)F)cc1. The Hall–Kier alpha value is -1.22. The molecule has 0 bridgehead atoms. The van der Waals surface area contributed by atoms with Crippen LogP contribution in [0.3, 0.4) is 0 Å². The van der Waals surface area contributed by atoms with Gasteiger partial charge < -0.3 is 5.11 Å². The predicted octanol–water partition coefficient (Wildman–Crippen LogP) is 3.84. The molecule has 0 amide bonds. The van der Waals surface area contributed by atoms with Crippen LogP contribution in [-0.2, 0) is 0 Å². The van der Waals surface area contributed by atoms with Crippen LogP contribution < -0.4 is 0 Å². The van der Waals surface area contributed by atoms with E-state index in [0.717, 1.165) is 12.1 Å². The average Bonchev–Trinajstić information content (AvgIpc) is 2.36. The third-order valence-electron chi connectivity index (χ3n) is 2.77. The highest BCUT2D eigenvalue weighted by Gasteiger charge is 2.70. The van der Waals surface area contributed by atoms with Gasteiger partial charge in [-0.3, -0.25) is 4.79 Å². The first-order valence-corrected chi connectivity index (χ1v) is 6.68. The van der Waals surface area contributed by atoms with Crippen molar-refractivity contribution in [2.24, 2.45) is 0 Å². The molecule has 0 saturated carbocycles. The zero-order valence-electron chi connectivity index (χ0n) is 10.5. The molecule has 2 nitrogen and oxygen atoms in total. The predicted molar refractivity (Wildman–Crippen MR) is 64.2 cm³/mol. The minimum absolute atomic E-state index is 0.334. The van der Waals surface area contributed by atoms with Gasteiger partial charge >= 0.3 is 12.4 Å². The maximum atomic E-state index is 12.5. The van der Waals surface area contributed by atoms with E-state index >= 15 is 0 Å². The van der Waals surface area contributed by atoms with Crippen LogP contribution >= 0.6 is 11.8 Å². The summed E-state index contributed by atoms with van der Waals surface area (Å²) in [4.78, 5) is 12.3. The number of benzene rings is 1. The zero-order valence-corrected chi connectivity index (χ0v) is 11.4. The number of Topliss-reactive ketones (excluding diaryl/α,β-unsaturated/α-hetero) is 1. The lowest BCUT2D eigenvalue weighted by Gasteiger charge is -2.31. The Bertz CT molecular complexity index is 492. The van der Waals surface area contributed by atoms with Gasteiger partial charge in [-0.1, -0.05) is 12.1 Å². The molecule has 0 aliphatic carbocycles. The maximum absolute atomic E-state index is 12.5. The molecule has 1 aromatic carbocycles. The molecule has 0 atom stereocenters. The summed E-state index contributed by atoms with van der Waals surface area (Å²) in [5, 5.41) is 8.94. The molecule has 1 N–H and O–H groups in total. The Morgan fingerprint density at radius 3 is 1.81 bits per heavy atom. The van der Waals surface area contributed by atoms with Gasteiger partial charge in [-0.05, 0) is 18.4 Å². The highest BCUT2D eigenvalue weighted by atomic mass is 32.2. The monoisotopic (exact) mass is 332 g/mol. The molecule has 0 spiro atoms. The molecule has 1 rings (SSSR count). The fourth-order valence-corrected chi connectivity index (χ4v) is 1.88. The molecular weight excluding hydrogens is 322 g/mol. The van der Waals surface area contributed by atoms with E-state index < -0.39 is 30.2 Å². The van der Waals surface area contributed by atoms with Gasteiger partial charge in [0.1, 0.15) is 0 Å². The van der Waals surface area contributed by atoms with E-state index in [1.54, 1.807) is 6.26 Å². The van der Waals surface area contributed by atoms with E-state index in [-0.39, 0.29) is 5.56 Å². The van der Waals surface area contributed by atoms with E-state index in [1.165, 1.54) is 23.9 Å². The van der Waals surface area contributed by atoms with Crippen molar-refractivity contribution in [2.75, 3.05) is 6.26 Å². The van der Waals surface area contributed by atoms with Crippen LogP contribution in [0, 0.1) is 0 Å². The Morgan fingerprint density at radius 2 is 1.48 bits per heavy atom. The number of alkyl halides is 6. The molecule has 118 valence electrons. The Labute approximate surface area is 120 Å². The molecule has 0 radical (unpaired) electrons. The number of carbonyl (C=O) groups is 1. The van der Waals surface area contributed by atoms with Crippen LogP contribution in [0.25, 0.3) is 0 Å². The number of hydrogen-bond donors (Lipinski definition) is 1. The van der Waals surface area contributed by atoms with E-state index in [2.05, 4.69) is 0 Å². The van der Waals surface area contributed by atoms with E-state index in [9.17, 15) is 31.1 Å². The van der Waals surface area contributed by atoms with Gasteiger partial charge in [-0.15, -0.1) is 11.8 Å². The lowest BCUT2D eigenvalue weighted by Crippen LogP contribution is -2.57. The van der Waals surface area contributed by atoms with Gasteiger partial charge in [0, 0.05) is 10.5 Å². The molecule has 0 unspecified atom stereocenters. The van der Waals surface area contributed by atoms with Crippen molar-refractivity contribution in [1.29, 1.82) is 0 Å². The standard InChI is InChI=1S/C12H10F6O2S/c1-21-8-4-2-7(3-5-8)9(19)6-10(20,11(13,14)15)12(16,17)18/h2-5,20H,6H2,1H3. The van der Waals surface area contributed by atoms with Crippen LogP contribution in [0.4, 0.5) is 26.3 Å². The van der Waals surface area contributed by atoms with Crippen LogP contribution in [0.1, 0.15) is 16.8 Å². The highest BCUT2D eigenvalue weighted by molar-refractivity contribution is 7.98. The highest BCUT2D eigenvalue weighted by Crippen LogP contribution is 2.45. The van der Waals surface area contributed by atoms with Gasteiger partial charge in [0.15, 0.2) is 5.78 Å². The van der Waals surface area contributed by atoms with Crippen molar-refractivity contribution in [3.63, 3.8) is 0 Å². The molecular formula is C12H10F6O2S. The second kappa shape index (κ2) is 5.88. The van der Waals surface area contributed by atoms with Crippen LogP contribution in [0.15, 0.2) is 29.2 Å². The normalized spacial score (nSPS) is 13.3. The van der Waals surface area contributed by atoms with Gasteiger partial charge in [0.2, 0.25) is 0 Å². The summed E-state index contributed by atoms with van der Waals surface area (Å²) in [6.07, 6.45) is -12.4. The number of ketones is 1. The number of halogens is 6. The third-order valence-corrected chi connectivity index (χ3v) is 3.51. The van der Waals surface area contributed by atoms with Crippen molar-refractivity contribution >= 4 is 17.5 Å². The lowest BCUT2D eigenvalue weighted by atomic mass is 9.92. The molecule has 0 fully saturated rings. The first-order valence-electron chi connectivity index (χ1n) is 5.45. The largest absolute Gasteiger partial charge is 0.426 e. The molecule has 0 aliphatic rings. The number of thioether (sulfide) groups is 1. The second-order valence-electron chi connectivity index (χ2n) is 4.18. The lowest BCUT2D eigenvalue weighted by molar-refractivity contribution is -0.365. The summed E-state index contributed by atoms with van der Waals surface area (Å²) in [6, 6.07) is 5.00. The van der Waals surface area contributed by atoms with Gasteiger partial charge in [-0.2, -0.15) is 26.3 Å². The second-order valence-corrected chi connectivity index (χ2v) is 5.06. The molecule has 0 saturated heterocycles. The average molecular weight is 332 g/mol. The number of carbonyl (C=O) groups excluding carboxylic acids is 1. The molecule has 9 heteroatoms. The first-order chi connectivity index (χ1) is 9.42. The molecule has 1 aromatic rings. The van der Waals surface area contributed by atoms with Crippen molar-refractivity contribution < 1.29 is 36.2 Å². The van der Waals surface area contributed by atoms with Crippen LogP contribution in [-0.4, -0.2) is 35.1 Å². The van der Waals surface area contributed by atoms with E-state index in [0.29, 0.717) is 4.90 Å². The third kappa shape index (κ3) is 3.70. The molecule has 0 aromatic heterocycles. The van der Waals surface area contributed by atoms with Crippen molar-refractivity contribution in [3.8, 4) is 0 Å². The summed E-state index contributed by atoms with van der Waals surface area (Å²) in [6.45, 7) is 0. The fourth-order valence-electron chi connectivity index (χ4n) is 1.47. The molecule has 21 heavy (non-hydrogen) atoms. The van der Waals surface area contributed by atoms with Gasteiger partial charge in [-0.25, -0.2) is 0 Å².